The fraction of sp³-hybridized carbons (Fsp3) is 0.120. The molecule has 4 rings (SSSR count). The summed E-state index contributed by atoms with van der Waals surface area (Å²) in [6.07, 6.45) is 1.72. The van der Waals surface area contributed by atoms with Gasteiger partial charge in [0, 0.05) is 17.2 Å². The van der Waals surface area contributed by atoms with E-state index in [4.69, 9.17) is 25.8 Å². The molecular formula is C25H20ClN3O6S. The van der Waals surface area contributed by atoms with Gasteiger partial charge in [-0.3, -0.25) is 14.9 Å². The van der Waals surface area contributed by atoms with Crippen molar-refractivity contribution in [3.05, 3.63) is 91.8 Å². The Hall–Kier alpha value is -4.02. The topological polar surface area (TPSA) is 112 Å². The van der Waals surface area contributed by atoms with E-state index in [0.29, 0.717) is 38.0 Å². The molecule has 3 aromatic rings. The number of thioether (sulfide) groups is 1. The average molecular weight is 526 g/mol. The van der Waals surface area contributed by atoms with Gasteiger partial charge in [0.1, 0.15) is 18.0 Å². The standard InChI is InChI=1S/C25H20ClN3O6S/c1-33-20-10-6-17(26)13-19(20)27-25-28-24(30)23(36-25)12-16-5-9-21(22(11-16)34-2)35-14-15-3-7-18(8-4-15)29(31)32/h3-13H,14H2,1-2H3,(H,27,28,30)/b23-12-. The lowest BCUT2D eigenvalue weighted by atomic mass is 10.2. The fourth-order valence-electron chi connectivity index (χ4n) is 3.26. The Balaban J connectivity index is 1.48. The molecule has 0 aromatic heterocycles. The first-order valence-electron chi connectivity index (χ1n) is 10.5. The molecule has 1 fully saturated rings. The molecule has 0 aliphatic carbocycles. The van der Waals surface area contributed by atoms with Crippen LogP contribution in [-0.4, -0.2) is 30.2 Å². The number of non-ortho nitro benzene ring substituents is 1. The summed E-state index contributed by atoms with van der Waals surface area (Å²) in [6, 6.07) is 16.5. The third-order valence-electron chi connectivity index (χ3n) is 5.04. The van der Waals surface area contributed by atoms with Crippen LogP contribution in [-0.2, 0) is 11.4 Å². The lowest BCUT2D eigenvalue weighted by Crippen LogP contribution is -2.19. The Morgan fingerprint density at radius 3 is 2.44 bits per heavy atom. The van der Waals surface area contributed by atoms with E-state index in [1.54, 1.807) is 54.6 Å². The second kappa shape index (κ2) is 11.1. The van der Waals surface area contributed by atoms with Crippen molar-refractivity contribution in [1.82, 2.24) is 5.32 Å². The van der Waals surface area contributed by atoms with Crippen molar-refractivity contribution in [1.29, 1.82) is 0 Å². The predicted molar refractivity (Wildman–Crippen MR) is 139 cm³/mol. The number of ether oxygens (including phenoxy) is 3. The van der Waals surface area contributed by atoms with Crippen LogP contribution in [0.3, 0.4) is 0 Å². The molecule has 0 atom stereocenters. The highest BCUT2D eigenvalue weighted by molar-refractivity contribution is 8.18. The van der Waals surface area contributed by atoms with Gasteiger partial charge in [0.2, 0.25) is 0 Å². The largest absolute Gasteiger partial charge is 0.494 e. The number of nitrogens with one attached hydrogen (secondary N) is 1. The van der Waals surface area contributed by atoms with Crippen molar-refractivity contribution in [3.63, 3.8) is 0 Å². The lowest BCUT2D eigenvalue weighted by Gasteiger charge is -2.11. The summed E-state index contributed by atoms with van der Waals surface area (Å²) in [4.78, 5) is 27.8. The van der Waals surface area contributed by atoms with Crippen molar-refractivity contribution in [2.75, 3.05) is 14.2 Å². The van der Waals surface area contributed by atoms with Crippen molar-refractivity contribution >= 4 is 51.9 Å². The Morgan fingerprint density at radius 2 is 1.75 bits per heavy atom. The molecule has 0 saturated carbocycles. The maximum absolute atomic E-state index is 12.5. The molecule has 11 heteroatoms. The summed E-state index contributed by atoms with van der Waals surface area (Å²) in [5.74, 6) is 1.23. The first-order chi connectivity index (χ1) is 17.4. The zero-order valence-electron chi connectivity index (χ0n) is 19.2. The zero-order valence-corrected chi connectivity index (χ0v) is 20.8. The maximum atomic E-state index is 12.5. The minimum atomic E-state index is -0.452. The SMILES string of the molecule is COc1ccc(Cl)cc1N=C1NC(=O)/C(=C/c2ccc(OCc3ccc([N+](=O)[O-])cc3)c(OC)c2)S1. The third-order valence-corrected chi connectivity index (χ3v) is 6.19. The van der Waals surface area contributed by atoms with Gasteiger partial charge in [-0.25, -0.2) is 4.99 Å². The van der Waals surface area contributed by atoms with E-state index in [1.165, 1.54) is 38.1 Å². The monoisotopic (exact) mass is 525 g/mol. The molecule has 36 heavy (non-hydrogen) atoms. The van der Waals surface area contributed by atoms with Gasteiger partial charge >= 0.3 is 0 Å². The molecule has 9 nitrogen and oxygen atoms in total. The number of amides is 1. The lowest BCUT2D eigenvalue weighted by molar-refractivity contribution is -0.384. The van der Waals surface area contributed by atoms with Gasteiger partial charge in [0.15, 0.2) is 16.7 Å². The smallest absolute Gasteiger partial charge is 0.269 e. The van der Waals surface area contributed by atoms with Crippen LogP contribution in [0.1, 0.15) is 11.1 Å². The van der Waals surface area contributed by atoms with Crippen LogP contribution in [0, 0.1) is 10.1 Å². The number of hydrogen-bond acceptors (Lipinski definition) is 8. The average Bonchev–Trinajstić information content (AvgIpc) is 3.21. The minimum absolute atomic E-state index is 0.0162. The minimum Gasteiger partial charge on any atom is -0.494 e. The predicted octanol–water partition coefficient (Wildman–Crippen LogP) is 5.74. The molecule has 1 saturated heterocycles. The Morgan fingerprint density at radius 1 is 1.03 bits per heavy atom. The molecule has 1 aliphatic heterocycles. The highest BCUT2D eigenvalue weighted by atomic mass is 35.5. The van der Waals surface area contributed by atoms with Crippen LogP contribution in [0.4, 0.5) is 11.4 Å². The van der Waals surface area contributed by atoms with Crippen molar-refractivity contribution in [3.8, 4) is 17.2 Å². The van der Waals surface area contributed by atoms with Crippen LogP contribution in [0.25, 0.3) is 6.08 Å². The number of hydrogen-bond donors (Lipinski definition) is 1. The molecule has 1 heterocycles. The second-order valence-corrected chi connectivity index (χ2v) is 8.89. The van der Waals surface area contributed by atoms with E-state index in [-0.39, 0.29) is 18.2 Å². The number of aliphatic imine (C=N–C) groups is 1. The zero-order chi connectivity index (χ0) is 25.7. The summed E-state index contributed by atoms with van der Waals surface area (Å²) in [6.45, 7) is 0.208. The summed E-state index contributed by atoms with van der Waals surface area (Å²) in [5, 5.41) is 14.4. The van der Waals surface area contributed by atoms with Gasteiger partial charge in [-0.1, -0.05) is 17.7 Å². The fourth-order valence-corrected chi connectivity index (χ4v) is 4.26. The number of nitro groups is 1. The quantitative estimate of drug-likeness (QED) is 0.227. The Kier molecular flexibility index (Phi) is 7.77. The Labute approximate surface area is 215 Å². The van der Waals surface area contributed by atoms with Gasteiger partial charge < -0.3 is 19.5 Å². The van der Waals surface area contributed by atoms with E-state index in [2.05, 4.69) is 10.3 Å². The number of rotatable bonds is 8. The number of nitrogens with zero attached hydrogens (tertiary/aromatic N) is 2. The number of benzene rings is 3. The van der Waals surface area contributed by atoms with E-state index < -0.39 is 4.92 Å². The second-order valence-electron chi connectivity index (χ2n) is 7.42. The van der Waals surface area contributed by atoms with Gasteiger partial charge in [0.25, 0.3) is 11.6 Å². The molecular weight excluding hydrogens is 506 g/mol. The molecule has 0 bridgehead atoms. The van der Waals surface area contributed by atoms with Crippen LogP contribution in [0.2, 0.25) is 5.02 Å². The summed E-state index contributed by atoms with van der Waals surface area (Å²) in [5.41, 5.74) is 2.03. The molecule has 0 unspecified atom stereocenters. The molecule has 0 radical (unpaired) electrons. The number of carbonyl (C=O) groups excluding carboxylic acids is 1. The van der Waals surface area contributed by atoms with Crippen LogP contribution in [0.5, 0.6) is 17.2 Å². The first-order valence-corrected chi connectivity index (χ1v) is 11.7. The summed E-state index contributed by atoms with van der Waals surface area (Å²) in [7, 11) is 3.05. The maximum Gasteiger partial charge on any atom is 0.269 e. The molecule has 1 aliphatic rings. The number of carbonyl (C=O) groups is 1. The van der Waals surface area contributed by atoms with E-state index in [1.807, 2.05) is 0 Å². The van der Waals surface area contributed by atoms with Crippen molar-refractivity contribution in [2.45, 2.75) is 6.61 Å². The molecule has 184 valence electrons. The van der Waals surface area contributed by atoms with Gasteiger partial charge in [-0.15, -0.1) is 0 Å². The van der Waals surface area contributed by atoms with E-state index in [0.717, 1.165) is 11.1 Å². The molecule has 0 spiro atoms. The number of nitro benzene ring substituents is 1. The molecule has 1 N–H and O–H groups in total. The molecule has 1 amide bonds. The van der Waals surface area contributed by atoms with Gasteiger partial charge in [-0.05, 0) is 71.4 Å². The number of amidine groups is 1. The first kappa shape index (κ1) is 25.1. The van der Waals surface area contributed by atoms with Gasteiger partial charge in [0.05, 0.1) is 24.0 Å². The third kappa shape index (κ3) is 5.96. The Bertz CT molecular complexity index is 1370. The van der Waals surface area contributed by atoms with E-state index >= 15 is 0 Å². The van der Waals surface area contributed by atoms with Crippen LogP contribution >= 0.6 is 23.4 Å². The van der Waals surface area contributed by atoms with Crippen LogP contribution in [0.15, 0.2) is 70.6 Å². The highest BCUT2D eigenvalue weighted by Crippen LogP contribution is 2.35. The summed E-state index contributed by atoms with van der Waals surface area (Å²) < 4.78 is 16.6. The number of halogens is 1. The summed E-state index contributed by atoms with van der Waals surface area (Å²) >= 11 is 7.26. The van der Waals surface area contributed by atoms with Crippen molar-refractivity contribution < 1.29 is 23.9 Å². The number of methoxy groups -OCH3 is 2. The normalized spacial score (nSPS) is 15.1. The van der Waals surface area contributed by atoms with E-state index in [9.17, 15) is 14.9 Å². The van der Waals surface area contributed by atoms with Crippen LogP contribution < -0.4 is 19.5 Å². The molecule has 3 aromatic carbocycles. The highest BCUT2D eigenvalue weighted by Gasteiger charge is 2.24. The van der Waals surface area contributed by atoms with Crippen molar-refractivity contribution in [2.24, 2.45) is 4.99 Å². The van der Waals surface area contributed by atoms with Gasteiger partial charge in [-0.2, -0.15) is 0 Å².